The minimum Gasteiger partial charge on any atom is -0.494 e. The van der Waals surface area contributed by atoms with E-state index >= 15 is 0 Å². The summed E-state index contributed by atoms with van der Waals surface area (Å²) in [6.07, 6.45) is 7.79. The largest absolute Gasteiger partial charge is 0.494 e. The highest BCUT2D eigenvalue weighted by Gasteiger charge is 2.17. The number of halogens is 1. The topological polar surface area (TPSA) is 92.0 Å². The number of hydrogen-bond acceptors (Lipinski definition) is 5. The van der Waals surface area contributed by atoms with Crippen molar-refractivity contribution in [3.63, 3.8) is 0 Å². The average molecular weight is 364 g/mol. The van der Waals surface area contributed by atoms with E-state index in [1.54, 1.807) is 42.5 Å². The first kappa shape index (κ1) is 16.9. The molecule has 0 bridgehead atoms. The van der Waals surface area contributed by atoms with Gasteiger partial charge >= 0.3 is 0 Å². The molecule has 0 amide bonds. The molecule has 4 aromatic heterocycles. The third-order valence-electron chi connectivity index (χ3n) is 4.44. The smallest absolute Gasteiger partial charge is 0.198 e. The highest BCUT2D eigenvalue weighted by atomic mass is 19.1. The monoisotopic (exact) mass is 364 g/mol. The summed E-state index contributed by atoms with van der Waals surface area (Å²) in [5, 5.41) is 15.2. The van der Waals surface area contributed by atoms with Gasteiger partial charge in [0.25, 0.3) is 0 Å². The molecule has 0 atom stereocenters. The molecular weight excluding hydrogens is 347 g/mol. The van der Waals surface area contributed by atoms with Crippen LogP contribution in [0.2, 0.25) is 0 Å². The molecule has 4 heterocycles. The predicted molar refractivity (Wildman–Crippen MR) is 101 cm³/mol. The van der Waals surface area contributed by atoms with Crippen LogP contribution in [-0.2, 0) is 7.05 Å². The maximum absolute atomic E-state index is 13.9. The molecule has 136 valence electrons. The van der Waals surface area contributed by atoms with Crippen LogP contribution in [0.25, 0.3) is 22.2 Å². The molecule has 8 heteroatoms. The Kier molecular flexibility index (Phi) is 3.95. The van der Waals surface area contributed by atoms with Crippen molar-refractivity contribution in [3.05, 3.63) is 54.0 Å². The van der Waals surface area contributed by atoms with Gasteiger partial charge in [0.2, 0.25) is 0 Å². The lowest BCUT2D eigenvalue weighted by atomic mass is 10.0. The summed E-state index contributed by atoms with van der Waals surface area (Å²) in [4.78, 5) is 15.7. The zero-order valence-electron chi connectivity index (χ0n) is 15.0. The predicted octanol–water partition coefficient (Wildman–Crippen LogP) is 3.65. The fraction of sp³-hybridized carbons (Fsp3) is 0.158. The summed E-state index contributed by atoms with van der Waals surface area (Å²) >= 11 is 0. The van der Waals surface area contributed by atoms with E-state index in [9.17, 15) is 9.50 Å². The summed E-state index contributed by atoms with van der Waals surface area (Å²) in [7, 11) is 1.81. The summed E-state index contributed by atoms with van der Waals surface area (Å²) in [6.45, 7) is 3.49. The number of aromatic amines is 1. The first-order chi connectivity index (χ1) is 12.9. The molecule has 0 aromatic carbocycles. The van der Waals surface area contributed by atoms with Crippen molar-refractivity contribution in [2.75, 3.05) is 0 Å². The van der Waals surface area contributed by atoms with Crippen molar-refractivity contribution >= 4 is 22.3 Å². The molecule has 0 aliphatic heterocycles. The highest BCUT2D eigenvalue weighted by molar-refractivity contribution is 6.13. The third kappa shape index (κ3) is 2.95. The number of rotatable bonds is 3. The number of pyridine rings is 2. The number of aryl methyl sites for hydroxylation is 1. The quantitative estimate of drug-likeness (QED) is 0.543. The van der Waals surface area contributed by atoms with Crippen LogP contribution in [0.1, 0.15) is 18.1 Å². The van der Waals surface area contributed by atoms with Gasteiger partial charge in [-0.05, 0) is 25.5 Å². The molecule has 0 spiro atoms. The van der Waals surface area contributed by atoms with E-state index in [2.05, 4.69) is 25.0 Å². The Hall–Kier alpha value is -3.55. The van der Waals surface area contributed by atoms with Crippen LogP contribution in [0.15, 0.2) is 42.0 Å². The summed E-state index contributed by atoms with van der Waals surface area (Å²) < 4.78 is 15.5. The number of H-pyrrole nitrogens is 1. The van der Waals surface area contributed by atoms with Crippen molar-refractivity contribution in [3.8, 4) is 17.1 Å². The fourth-order valence-electron chi connectivity index (χ4n) is 3.07. The number of fused-ring (bicyclic) bond motifs is 1. The molecule has 0 saturated heterocycles. The minimum atomic E-state index is -0.388. The summed E-state index contributed by atoms with van der Waals surface area (Å²) in [5.74, 6) is -0.385. The van der Waals surface area contributed by atoms with Gasteiger partial charge in [-0.15, -0.1) is 0 Å². The number of nitrogens with one attached hydrogen (secondary N) is 1. The Bertz CT molecular complexity index is 1190. The highest BCUT2D eigenvalue weighted by Crippen LogP contribution is 2.32. The zero-order valence-corrected chi connectivity index (χ0v) is 15.0. The van der Waals surface area contributed by atoms with Crippen molar-refractivity contribution < 1.29 is 9.50 Å². The number of hydrogen-bond donors (Lipinski definition) is 2. The van der Waals surface area contributed by atoms with Gasteiger partial charge in [0.05, 0.1) is 47.3 Å². The van der Waals surface area contributed by atoms with Gasteiger partial charge in [-0.25, -0.2) is 9.38 Å². The lowest BCUT2D eigenvalue weighted by molar-refractivity contribution is 0.457. The molecular formula is C19H17FN6O. The van der Waals surface area contributed by atoms with Gasteiger partial charge in [0.15, 0.2) is 5.88 Å². The number of aromatic hydroxyl groups is 1. The van der Waals surface area contributed by atoms with Gasteiger partial charge in [0.1, 0.15) is 11.5 Å². The molecule has 0 aliphatic carbocycles. The maximum Gasteiger partial charge on any atom is 0.198 e. The molecule has 4 aromatic rings. The van der Waals surface area contributed by atoms with Crippen LogP contribution in [0, 0.1) is 12.7 Å². The third-order valence-corrected chi connectivity index (χ3v) is 4.44. The van der Waals surface area contributed by atoms with E-state index in [1.807, 2.05) is 14.0 Å². The lowest BCUT2D eigenvalue weighted by Gasteiger charge is -2.06. The molecule has 7 nitrogen and oxygen atoms in total. The molecule has 0 saturated carbocycles. The van der Waals surface area contributed by atoms with Gasteiger partial charge in [0, 0.05) is 24.2 Å². The van der Waals surface area contributed by atoms with E-state index < -0.39 is 0 Å². The SMILES string of the molecule is CC(=Nc1cnn(C)c1)c1c(O)[nH]c2cnc(-c3cncc(F)c3C)cc12. The van der Waals surface area contributed by atoms with Gasteiger partial charge in [-0.3, -0.25) is 14.6 Å². The van der Waals surface area contributed by atoms with E-state index in [-0.39, 0.29) is 11.7 Å². The lowest BCUT2D eigenvalue weighted by Crippen LogP contribution is -1.95. The first-order valence-corrected chi connectivity index (χ1v) is 8.29. The van der Waals surface area contributed by atoms with Crippen LogP contribution in [-0.4, -0.2) is 35.6 Å². The molecule has 27 heavy (non-hydrogen) atoms. The van der Waals surface area contributed by atoms with Gasteiger partial charge in [-0.1, -0.05) is 0 Å². The zero-order chi connectivity index (χ0) is 19.1. The van der Waals surface area contributed by atoms with Crippen LogP contribution in [0.5, 0.6) is 5.88 Å². The Balaban J connectivity index is 1.88. The van der Waals surface area contributed by atoms with Crippen LogP contribution < -0.4 is 0 Å². The fourth-order valence-corrected chi connectivity index (χ4v) is 3.07. The van der Waals surface area contributed by atoms with E-state index in [4.69, 9.17) is 0 Å². The van der Waals surface area contributed by atoms with E-state index in [0.717, 1.165) is 5.39 Å². The van der Waals surface area contributed by atoms with Crippen LogP contribution >= 0.6 is 0 Å². The van der Waals surface area contributed by atoms with Crippen molar-refractivity contribution in [2.45, 2.75) is 13.8 Å². The van der Waals surface area contributed by atoms with E-state index in [0.29, 0.717) is 39.3 Å². The maximum atomic E-state index is 13.9. The standard InChI is InChI=1S/C19H17FN6O/c1-10-14(6-21-7-15(10)20)16-4-13-17(8-22-16)25-19(27)18(13)11(2)24-12-5-23-26(3)9-12/h4-9,25,27H,1-3H3. The molecule has 0 fully saturated rings. The Morgan fingerprint density at radius 1 is 1.26 bits per heavy atom. The van der Waals surface area contributed by atoms with Crippen molar-refractivity contribution in [1.82, 2.24) is 24.7 Å². The van der Waals surface area contributed by atoms with Crippen LogP contribution in [0.4, 0.5) is 10.1 Å². The molecule has 0 radical (unpaired) electrons. The van der Waals surface area contributed by atoms with Crippen LogP contribution in [0.3, 0.4) is 0 Å². The average Bonchev–Trinajstić information content (AvgIpc) is 3.18. The molecule has 2 N–H and O–H groups in total. The Labute approximate surface area is 154 Å². The van der Waals surface area contributed by atoms with Crippen molar-refractivity contribution in [1.29, 1.82) is 0 Å². The summed E-state index contributed by atoms with van der Waals surface area (Å²) in [6, 6.07) is 1.80. The molecule has 4 rings (SSSR count). The van der Waals surface area contributed by atoms with Gasteiger partial charge < -0.3 is 10.1 Å². The second kappa shape index (κ2) is 6.31. The normalized spacial score (nSPS) is 12.1. The minimum absolute atomic E-state index is 0.00294. The van der Waals surface area contributed by atoms with E-state index in [1.165, 1.54) is 6.20 Å². The molecule has 0 unspecified atom stereocenters. The second-order valence-electron chi connectivity index (χ2n) is 6.33. The van der Waals surface area contributed by atoms with Crippen molar-refractivity contribution in [2.24, 2.45) is 12.0 Å². The Morgan fingerprint density at radius 2 is 2.07 bits per heavy atom. The number of aliphatic imine (C=N–C) groups is 1. The summed E-state index contributed by atoms with van der Waals surface area (Å²) in [5.41, 5.74) is 4.18. The second-order valence-corrected chi connectivity index (χ2v) is 6.33. The number of aromatic nitrogens is 5. The number of nitrogens with zero attached hydrogens (tertiary/aromatic N) is 5. The molecule has 0 aliphatic rings. The van der Waals surface area contributed by atoms with Gasteiger partial charge in [-0.2, -0.15) is 5.10 Å². The first-order valence-electron chi connectivity index (χ1n) is 8.29. The Morgan fingerprint density at radius 3 is 2.81 bits per heavy atom.